The molecule has 0 bridgehead atoms. The van der Waals surface area contributed by atoms with E-state index in [9.17, 15) is 18.0 Å². The lowest BCUT2D eigenvalue weighted by Crippen LogP contribution is -2.43. The van der Waals surface area contributed by atoms with Crippen LogP contribution < -0.4 is 15.4 Å². The number of piperazine rings is 1. The first-order valence-electron chi connectivity index (χ1n) is 11.6. The Labute approximate surface area is 207 Å². The highest BCUT2D eigenvalue weighted by atomic mass is 19.4. The molecule has 36 heavy (non-hydrogen) atoms. The maximum absolute atomic E-state index is 13.0. The molecule has 1 fully saturated rings. The van der Waals surface area contributed by atoms with Crippen LogP contribution in [0.15, 0.2) is 54.7 Å². The molecule has 1 aliphatic heterocycles. The average molecular weight is 498 g/mol. The number of aromatic nitrogens is 2. The van der Waals surface area contributed by atoms with E-state index in [1.807, 2.05) is 18.2 Å². The lowest BCUT2D eigenvalue weighted by molar-refractivity contribution is -0.140. The van der Waals surface area contributed by atoms with Crippen molar-refractivity contribution >= 4 is 11.6 Å². The van der Waals surface area contributed by atoms with Crippen LogP contribution in [-0.4, -0.2) is 60.1 Å². The second-order valence-electron chi connectivity index (χ2n) is 8.22. The molecule has 188 valence electrons. The summed E-state index contributed by atoms with van der Waals surface area (Å²) in [5, 5.41) is 6.01. The number of benzene rings is 2. The highest BCUT2D eigenvalue weighted by molar-refractivity contribution is 6.05. The molecule has 1 saturated heterocycles. The maximum atomic E-state index is 13.0. The number of halogens is 3. The minimum absolute atomic E-state index is 0.0263. The van der Waals surface area contributed by atoms with Crippen molar-refractivity contribution in [2.24, 2.45) is 0 Å². The number of ether oxygens (including phenoxy) is 1. The zero-order valence-electron chi connectivity index (χ0n) is 19.5. The lowest BCUT2D eigenvalue weighted by atomic mass is 10.1. The number of amides is 1. The molecule has 1 amide bonds. The average Bonchev–Trinajstić information content (AvgIpc) is 3.39. The number of rotatable bonds is 7. The molecule has 3 N–H and O–H groups in total. The summed E-state index contributed by atoms with van der Waals surface area (Å²) in [6, 6.07) is 13.8. The van der Waals surface area contributed by atoms with Crippen LogP contribution in [0.1, 0.15) is 17.7 Å². The van der Waals surface area contributed by atoms with Crippen LogP contribution in [-0.2, 0) is 11.0 Å². The molecule has 7 nitrogen and oxygen atoms in total. The van der Waals surface area contributed by atoms with E-state index < -0.39 is 17.8 Å². The van der Waals surface area contributed by atoms with E-state index in [2.05, 4.69) is 37.3 Å². The third-order valence-corrected chi connectivity index (χ3v) is 5.56. The van der Waals surface area contributed by atoms with Gasteiger partial charge in [0.15, 0.2) is 0 Å². The topological polar surface area (TPSA) is 82.3 Å². The van der Waals surface area contributed by atoms with Gasteiger partial charge in [0.05, 0.1) is 18.5 Å². The van der Waals surface area contributed by atoms with Crippen molar-refractivity contribution in [1.29, 1.82) is 0 Å². The van der Waals surface area contributed by atoms with Gasteiger partial charge in [0, 0.05) is 49.8 Å². The summed E-state index contributed by atoms with van der Waals surface area (Å²) in [6.45, 7) is 5.20. The minimum Gasteiger partial charge on any atom is -0.491 e. The second kappa shape index (κ2) is 11.7. The van der Waals surface area contributed by atoms with E-state index in [-0.39, 0.29) is 5.82 Å². The van der Waals surface area contributed by atoms with Crippen molar-refractivity contribution in [3.05, 3.63) is 66.0 Å². The molecular weight excluding hydrogens is 471 g/mol. The Morgan fingerprint density at radius 2 is 1.92 bits per heavy atom. The van der Waals surface area contributed by atoms with Crippen molar-refractivity contribution in [3.63, 3.8) is 0 Å². The Balaban J connectivity index is 1.49. The molecule has 0 aliphatic carbocycles. The van der Waals surface area contributed by atoms with E-state index in [0.29, 0.717) is 29.2 Å². The van der Waals surface area contributed by atoms with Crippen LogP contribution in [0.5, 0.6) is 5.75 Å². The van der Waals surface area contributed by atoms with Crippen LogP contribution in [0.2, 0.25) is 0 Å². The van der Waals surface area contributed by atoms with Gasteiger partial charge < -0.3 is 25.3 Å². The van der Waals surface area contributed by atoms with Crippen LogP contribution in [0.25, 0.3) is 11.4 Å². The smallest absolute Gasteiger partial charge is 0.432 e. The number of aromatic amines is 1. The SMILES string of the molecule is O=C(C#Cc1ccccc1)Nc1cc(-c2ncc(C(F)(F)F)[nH]2)ccc1OCCCN1CCNCC1. The molecule has 0 atom stereocenters. The Morgan fingerprint density at radius 3 is 2.64 bits per heavy atom. The molecule has 0 spiro atoms. The van der Waals surface area contributed by atoms with Crippen LogP contribution in [0, 0.1) is 11.8 Å². The molecule has 4 rings (SSSR count). The van der Waals surface area contributed by atoms with Crippen molar-refractivity contribution in [2.75, 3.05) is 44.6 Å². The summed E-state index contributed by atoms with van der Waals surface area (Å²) in [5.41, 5.74) is 0.392. The second-order valence-corrected chi connectivity index (χ2v) is 8.22. The number of anilines is 1. The van der Waals surface area contributed by atoms with Crippen molar-refractivity contribution in [1.82, 2.24) is 20.2 Å². The third-order valence-electron chi connectivity index (χ3n) is 5.56. The molecule has 2 aromatic carbocycles. The van der Waals surface area contributed by atoms with E-state index in [1.54, 1.807) is 24.3 Å². The first kappa shape index (κ1) is 25.3. The molecule has 1 aliphatic rings. The molecule has 10 heteroatoms. The quantitative estimate of drug-likeness (QED) is 0.342. The van der Waals surface area contributed by atoms with Gasteiger partial charge in [-0.05, 0) is 36.8 Å². The normalized spacial score (nSPS) is 14.1. The summed E-state index contributed by atoms with van der Waals surface area (Å²) in [4.78, 5) is 21.0. The highest BCUT2D eigenvalue weighted by Crippen LogP contribution is 2.33. The predicted octanol–water partition coefficient (Wildman–Crippen LogP) is 3.76. The van der Waals surface area contributed by atoms with Crippen molar-refractivity contribution in [2.45, 2.75) is 12.6 Å². The Bertz CT molecular complexity index is 1230. The first-order valence-corrected chi connectivity index (χ1v) is 11.6. The standard InChI is InChI=1S/C26H26F3N5O2/c27-26(28,29)23-18-31-25(33-23)20-8-9-22(36-16-4-13-34-14-11-30-12-15-34)21(17-20)32-24(35)10-7-19-5-2-1-3-6-19/h1-3,5-6,8-9,17-18,30H,4,11-16H2,(H,31,33)(H,32,35). The molecule has 2 heterocycles. The highest BCUT2D eigenvalue weighted by Gasteiger charge is 2.33. The Kier molecular flexibility index (Phi) is 8.25. The van der Waals surface area contributed by atoms with Gasteiger partial charge in [-0.2, -0.15) is 13.2 Å². The Morgan fingerprint density at radius 1 is 1.14 bits per heavy atom. The fourth-order valence-electron chi connectivity index (χ4n) is 3.72. The molecular formula is C26H26F3N5O2. The number of imidazole rings is 1. The molecule has 0 unspecified atom stereocenters. The van der Waals surface area contributed by atoms with Gasteiger partial charge in [0.25, 0.3) is 0 Å². The lowest BCUT2D eigenvalue weighted by Gasteiger charge is -2.27. The number of carbonyl (C=O) groups excluding carboxylic acids is 1. The third kappa shape index (κ3) is 7.10. The van der Waals surface area contributed by atoms with Crippen LogP contribution in [0.4, 0.5) is 18.9 Å². The van der Waals surface area contributed by atoms with Crippen LogP contribution >= 0.6 is 0 Å². The van der Waals surface area contributed by atoms with E-state index in [1.165, 1.54) is 6.07 Å². The fraction of sp³-hybridized carbons (Fsp3) is 0.308. The first-order chi connectivity index (χ1) is 17.4. The monoisotopic (exact) mass is 497 g/mol. The number of hydrogen-bond donors (Lipinski definition) is 3. The van der Waals surface area contributed by atoms with Gasteiger partial charge in [0.1, 0.15) is 17.3 Å². The number of alkyl halides is 3. The Hall–Kier alpha value is -3.81. The zero-order valence-corrected chi connectivity index (χ0v) is 19.5. The fourth-order valence-corrected chi connectivity index (χ4v) is 3.72. The largest absolute Gasteiger partial charge is 0.491 e. The molecule has 0 saturated carbocycles. The zero-order chi connectivity index (χ0) is 25.4. The molecule has 3 aromatic rings. The van der Waals surface area contributed by atoms with Gasteiger partial charge in [-0.25, -0.2) is 4.98 Å². The van der Waals surface area contributed by atoms with Gasteiger partial charge in [-0.3, -0.25) is 4.79 Å². The molecule has 0 radical (unpaired) electrons. The minimum atomic E-state index is -4.54. The van der Waals surface area contributed by atoms with E-state index in [0.717, 1.165) is 45.3 Å². The van der Waals surface area contributed by atoms with Crippen molar-refractivity contribution < 1.29 is 22.7 Å². The molecule has 1 aromatic heterocycles. The van der Waals surface area contributed by atoms with E-state index >= 15 is 0 Å². The van der Waals surface area contributed by atoms with Gasteiger partial charge >= 0.3 is 12.1 Å². The number of carbonyl (C=O) groups is 1. The number of H-pyrrole nitrogens is 1. The van der Waals surface area contributed by atoms with Gasteiger partial charge in [-0.1, -0.05) is 24.1 Å². The summed E-state index contributed by atoms with van der Waals surface area (Å²) in [6.07, 6.45) is -3.02. The maximum Gasteiger partial charge on any atom is 0.432 e. The summed E-state index contributed by atoms with van der Waals surface area (Å²) >= 11 is 0. The van der Waals surface area contributed by atoms with Gasteiger partial charge in [0.2, 0.25) is 0 Å². The van der Waals surface area contributed by atoms with Crippen LogP contribution in [0.3, 0.4) is 0 Å². The number of nitrogens with one attached hydrogen (secondary N) is 3. The van der Waals surface area contributed by atoms with E-state index in [4.69, 9.17) is 4.74 Å². The summed E-state index contributed by atoms with van der Waals surface area (Å²) in [5.74, 6) is 5.16. The summed E-state index contributed by atoms with van der Waals surface area (Å²) in [7, 11) is 0. The number of hydrogen-bond acceptors (Lipinski definition) is 5. The number of nitrogens with zero attached hydrogens (tertiary/aromatic N) is 2. The van der Waals surface area contributed by atoms with Crippen molar-refractivity contribution in [3.8, 4) is 29.0 Å². The predicted molar refractivity (Wildman–Crippen MR) is 130 cm³/mol. The summed E-state index contributed by atoms with van der Waals surface area (Å²) < 4.78 is 44.9. The van der Waals surface area contributed by atoms with Gasteiger partial charge in [-0.15, -0.1) is 0 Å².